The van der Waals surface area contributed by atoms with E-state index in [0.717, 1.165) is 16.7 Å². The molecule has 2 amide bonds. The minimum Gasteiger partial charge on any atom is -0.355 e. The van der Waals surface area contributed by atoms with Gasteiger partial charge in [-0.3, -0.25) is 9.59 Å². The Morgan fingerprint density at radius 1 is 1.12 bits per heavy atom. The van der Waals surface area contributed by atoms with Gasteiger partial charge in [0.15, 0.2) is 0 Å². The van der Waals surface area contributed by atoms with Gasteiger partial charge in [0.2, 0.25) is 11.8 Å². The van der Waals surface area contributed by atoms with Crippen molar-refractivity contribution >= 4 is 23.4 Å². The molecule has 2 aromatic rings. The second-order valence-corrected chi connectivity index (χ2v) is 6.82. The zero-order valence-corrected chi connectivity index (χ0v) is 16.2. The number of rotatable bonds is 7. The summed E-state index contributed by atoms with van der Waals surface area (Å²) in [6, 6.07) is 14.6. The van der Waals surface area contributed by atoms with Crippen LogP contribution in [0.25, 0.3) is 0 Å². The molecule has 0 saturated carbocycles. The molecule has 0 aliphatic heterocycles. The van der Waals surface area contributed by atoms with Gasteiger partial charge in [0, 0.05) is 18.1 Å². The second kappa shape index (κ2) is 9.39. The molecule has 0 aliphatic carbocycles. The molecule has 0 fully saturated rings. The lowest BCUT2D eigenvalue weighted by molar-refractivity contribution is -0.140. The molecule has 138 valence electrons. The van der Waals surface area contributed by atoms with E-state index >= 15 is 0 Å². The first-order valence-electron chi connectivity index (χ1n) is 8.78. The highest BCUT2D eigenvalue weighted by atomic mass is 35.5. The van der Waals surface area contributed by atoms with Gasteiger partial charge in [-0.1, -0.05) is 53.6 Å². The summed E-state index contributed by atoms with van der Waals surface area (Å²) in [4.78, 5) is 26.9. The molecule has 2 rings (SSSR count). The zero-order chi connectivity index (χ0) is 19.1. The summed E-state index contributed by atoms with van der Waals surface area (Å²) in [7, 11) is 0. The Hall–Kier alpha value is -2.33. The summed E-state index contributed by atoms with van der Waals surface area (Å²) >= 11 is 6.06. The molecule has 0 unspecified atom stereocenters. The number of hydrogen-bond donors (Lipinski definition) is 1. The molecule has 0 heterocycles. The zero-order valence-electron chi connectivity index (χ0n) is 15.5. The molecule has 0 aromatic heterocycles. The van der Waals surface area contributed by atoms with Gasteiger partial charge < -0.3 is 10.2 Å². The Balaban J connectivity index is 2.23. The van der Waals surface area contributed by atoms with Gasteiger partial charge in [-0.05, 0) is 44.0 Å². The maximum atomic E-state index is 13.0. The van der Waals surface area contributed by atoms with Crippen molar-refractivity contribution in [1.29, 1.82) is 0 Å². The highest BCUT2D eigenvalue weighted by Gasteiger charge is 2.25. The average Bonchev–Trinajstić information content (AvgIpc) is 2.59. The Morgan fingerprint density at radius 3 is 2.46 bits per heavy atom. The van der Waals surface area contributed by atoms with Gasteiger partial charge in [-0.2, -0.15) is 0 Å². The molecule has 2 aromatic carbocycles. The van der Waals surface area contributed by atoms with Crippen molar-refractivity contribution in [3.8, 4) is 0 Å². The van der Waals surface area contributed by atoms with Crippen LogP contribution in [0.3, 0.4) is 0 Å². The van der Waals surface area contributed by atoms with Crippen LogP contribution in [0.4, 0.5) is 0 Å². The smallest absolute Gasteiger partial charge is 0.242 e. The van der Waals surface area contributed by atoms with E-state index in [1.165, 1.54) is 0 Å². The maximum Gasteiger partial charge on any atom is 0.242 e. The van der Waals surface area contributed by atoms with Gasteiger partial charge in [-0.25, -0.2) is 0 Å². The number of benzene rings is 2. The normalized spacial score (nSPS) is 11.7. The Kier molecular flexibility index (Phi) is 7.22. The van der Waals surface area contributed by atoms with Gasteiger partial charge in [0.05, 0.1) is 6.42 Å². The summed E-state index contributed by atoms with van der Waals surface area (Å²) < 4.78 is 0. The highest BCUT2D eigenvalue weighted by molar-refractivity contribution is 6.30. The van der Waals surface area contributed by atoms with Crippen molar-refractivity contribution < 1.29 is 9.59 Å². The van der Waals surface area contributed by atoms with E-state index in [2.05, 4.69) is 5.32 Å². The van der Waals surface area contributed by atoms with Crippen LogP contribution in [-0.2, 0) is 22.6 Å². The molecular formula is C21H25ClN2O2. The number of halogens is 1. The number of aryl methyl sites for hydroxylation is 1. The highest BCUT2D eigenvalue weighted by Crippen LogP contribution is 2.16. The number of carbonyl (C=O) groups excluding carboxylic acids is 2. The fourth-order valence-electron chi connectivity index (χ4n) is 2.83. The third kappa shape index (κ3) is 5.60. The van der Waals surface area contributed by atoms with E-state index in [1.54, 1.807) is 17.9 Å². The summed E-state index contributed by atoms with van der Waals surface area (Å²) in [5, 5.41) is 3.40. The fourth-order valence-corrected chi connectivity index (χ4v) is 3.05. The van der Waals surface area contributed by atoms with Crippen molar-refractivity contribution in [3.05, 3.63) is 70.2 Å². The average molecular weight is 373 g/mol. The summed E-state index contributed by atoms with van der Waals surface area (Å²) in [5.41, 5.74) is 2.94. The largest absolute Gasteiger partial charge is 0.355 e. The molecule has 0 radical (unpaired) electrons. The van der Waals surface area contributed by atoms with Crippen LogP contribution in [0.15, 0.2) is 48.5 Å². The molecule has 26 heavy (non-hydrogen) atoms. The number of hydrogen-bond acceptors (Lipinski definition) is 2. The van der Waals surface area contributed by atoms with E-state index < -0.39 is 6.04 Å². The number of likely N-dealkylation sites (N-methyl/N-ethyl adjacent to an activating group) is 1. The van der Waals surface area contributed by atoms with Crippen molar-refractivity contribution in [3.63, 3.8) is 0 Å². The number of carbonyl (C=O) groups is 2. The van der Waals surface area contributed by atoms with Crippen LogP contribution < -0.4 is 5.32 Å². The predicted molar refractivity (Wildman–Crippen MR) is 105 cm³/mol. The third-order valence-electron chi connectivity index (χ3n) is 4.20. The first-order chi connectivity index (χ1) is 12.4. The molecule has 4 nitrogen and oxygen atoms in total. The number of amides is 2. The summed E-state index contributed by atoms with van der Waals surface area (Å²) in [6.07, 6.45) is 0.256. The van der Waals surface area contributed by atoms with Crippen LogP contribution in [-0.4, -0.2) is 29.3 Å². The minimum atomic E-state index is -0.564. The van der Waals surface area contributed by atoms with Crippen LogP contribution in [0.1, 0.15) is 30.5 Å². The minimum absolute atomic E-state index is 0.0886. The van der Waals surface area contributed by atoms with Crippen LogP contribution in [0.5, 0.6) is 0 Å². The Bertz CT molecular complexity index is 776. The molecule has 1 N–H and O–H groups in total. The van der Waals surface area contributed by atoms with Crippen LogP contribution in [0, 0.1) is 6.92 Å². The molecule has 0 spiro atoms. The van der Waals surface area contributed by atoms with E-state index in [1.807, 2.05) is 56.3 Å². The molecular weight excluding hydrogens is 348 g/mol. The molecule has 5 heteroatoms. The van der Waals surface area contributed by atoms with Gasteiger partial charge in [0.1, 0.15) is 6.04 Å². The van der Waals surface area contributed by atoms with E-state index in [-0.39, 0.29) is 18.2 Å². The Labute approximate surface area is 160 Å². The predicted octanol–water partition coefficient (Wildman–Crippen LogP) is 3.74. The quantitative estimate of drug-likeness (QED) is 0.804. The van der Waals surface area contributed by atoms with Crippen molar-refractivity contribution in [2.24, 2.45) is 0 Å². The SMILES string of the molecule is CCNC(=O)[C@H](C)N(Cc1cccc(Cl)c1)C(=O)Cc1cccc(C)c1. The monoisotopic (exact) mass is 372 g/mol. The van der Waals surface area contributed by atoms with Crippen molar-refractivity contribution in [2.75, 3.05) is 6.54 Å². The molecule has 0 saturated heterocycles. The lowest BCUT2D eigenvalue weighted by atomic mass is 10.1. The van der Waals surface area contributed by atoms with Gasteiger partial charge in [0.25, 0.3) is 0 Å². The van der Waals surface area contributed by atoms with Crippen molar-refractivity contribution in [2.45, 2.75) is 39.8 Å². The summed E-state index contributed by atoms with van der Waals surface area (Å²) in [5.74, 6) is -0.249. The first kappa shape index (κ1) is 20.0. The Morgan fingerprint density at radius 2 is 1.81 bits per heavy atom. The third-order valence-corrected chi connectivity index (χ3v) is 4.43. The molecule has 1 atom stereocenters. The first-order valence-corrected chi connectivity index (χ1v) is 9.15. The van der Waals surface area contributed by atoms with E-state index in [9.17, 15) is 9.59 Å². The van der Waals surface area contributed by atoms with E-state index in [0.29, 0.717) is 18.1 Å². The van der Waals surface area contributed by atoms with Crippen molar-refractivity contribution in [1.82, 2.24) is 10.2 Å². The van der Waals surface area contributed by atoms with E-state index in [4.69, 9.17) is 11.6 Å². The van der Waals surface area contributed by atoms with Gasteiger partial charge in [-0.15, -0.1) is 0 Å². The number of nitrogens with one attached hydrogen (secondary N) is 1. The summed E-state index contributed by atoms with van der Waals surface area (Å²) in [6.45, 7) is 6.48. The van der Waals surface area contributed by atoms with Crippen LogP contribution in [0.2, 0.25) is 5.02 Å². The molecule has 0 aliphatic rings. The van der Waals surface area contributed by atoms with Crippen LogP contribution >= 0.6 is 11.6 Å². The topological polar surface area (TPSA) is 49.4 Å². The maximum absolute atomic E-state index is 13.0. The lowest BCUT2D eigenvalue weighted by Gasteiger charge is -2.29. The number of nitrogens with zero attached hydrogens (tertiary/aromatic N) is 1. The lowest BCUT2D eigenvalue weighted by Crippen LogP contribution is -2.48. The second-order valence-electron chi connectivity index (χ2n) is 6.39. The van der Waals surface area contributed by atoms with Gasteiger partial charge >= 0.3 is 0 Å². The molecule has 0 bridgehead atoms. The standard InChI is InChI=1S/C21H25ClN2O2/c1-4-23-21(26)16(3)24(14-18-9-6-10-19(22)12-18)20(25)13-17-8-5-7-15(2)11-17/h5-12,16H,4,13-14H2,1-3H3,(H,23,26)/t16-/m0/s1. The fraction of sp³-hybridized carbons (Fsp3) is 0.333.